The Morgan fingerprint density at radius 3 is 2.48 bits per heavy atom. The van der Waals surface area contributed by atoms with Crippen molar-refractivity contribution in [3.05, 3.63) is 0 Å². The van der Waals surface area contributed by atoms with E-state index in [0.717, 1.165) is 6.54 Å². The third-order valence-electron chi connectivity index (χ3n) is 3.37. The average molecular weight is 343 g/mol. The van der Waals surface area contributed by atoms with Crippen LogP contribution in [0.1, 0.15) is 20.3 Å². The molecule has 0 radical (unpaired) electrons. The second-order valence-electron chi connectivity index (χ2n) is 6.12. The zero-order valence-corrected chi connectivity index (χ0v) is 14.9. The lowest BCUT2D eigenvalue weighted by Gasteiger charge is -2.26. The number of halogens is 2. The molecule has 0 aromatic carbocycles. The fourth-order valence-corrected chi connectivity index (χ4v) is 1.97. The van der Waals surface area contributed by atoms with Crippen LogP contribution in [-0.2, 0) is 9.59 Å². The van der Waals surface area contributed by atoms with Gasteiger partial charge in [-0.1, -0.05) is 0 Å². The molecule has 1 saturated heterocycles. The molecule has 6 nitrogen and oxygen atoms in total. The summed E-state index contributed by atoms with van der Waals surface area (Å²) >= 11 is 0. The Kier molecular flexibility index (Phi) is 10.2. The molecule has 1 heterocycles. The van der Waals surface area contributed by atoms with E-state index in [9.17, 15) is 9.59 Å². The summed E-state index contributed by atoms with van der Waals surface area (Å²) in [6, 6.07) is 0. The Labute approximate surface area is 139 Å². The second-order valence-corrected chi connectivity index (χ2v) is 6.12. The highest BCUT2D eigenvalue weighted by Crippen LogP contribution is 2.18. The second kappa shape index (κ2) is 9.46. The number of carbonyl (C=O) groups excluding carboxylic acids is 2. The zero-order chi connectivity index (χ0) is 14.6. The largest absolute Gasteiger partial charge is 0.350 e. The standard InChI is InChI=1S/C13H26N4O2.2ClH/c1-13(2,9-14)15-12(19)10-7-11(18)17(8-10)6-5-16(3)4;;/h10H,5-9,14H2,1-4H3,(H,15,19);2*1H. The monoisotopic (exact) mass is 342 g/mol. The number of nitrogens with zero attached hydrogens (tertiary/aromatic N) is 2. The van der Waals surface area contributed by atoms with Crippen molar-refractivity contribution >= 4 is 36.6 Å². The number of amides is 2. The molecule has 1 aliphatic heterocycles. The van der Waals surface area contributed by atoms with Gasteiger partial charge in [-0.05, 0) is 27.9 Å². The van der Waals surface area contributed by atoms with Crippen molar-refractivity contribution in [2.45, 2.75) is 25.8 Å². The minimum atomic E-state index is -0.419. The zero-order valence-electron chi connectivity index (χ0n) is 13.2. The van der Waals surface area contributed by atoms with Crippen LogP contribution in [0.4, 0.5) is 0 Å². The first-order valence-corrected chi connectivity index (χ1v) is 6.70. The molecule has 0 aromatic heterocycles. The van der Waals surface area contributed by atoms with Crippen LogP contribution in [-0.4, -0.2) is 67.4 Å². The first kappa shape index (κ1) is 22.7. The van der Waals surface area contributed by atoms with E-state index in [2.05, 4.69) is 5.32 Å². The quantitative estimate of drug-likeness (QED) is 0.717. The third kappa shape index (κ3) is 7.31. The average Bonchev–Trinajstić information content (AvgIpc) is 2.68. The Balaban J connectivity index is 0. The maximum absolute atomic E-state index is 12.1. The molecule has 1 unspecified atom stereocenters. The molecule has 8 heteroatoms. The highest BCUT2D eigenvalue weighted by Gasteiger charge is 2.35. The first-order chi connectivity index (χ1) is 8.75. The minimum Gasteiger partial charge on any atom is -0.350 e. The lowest BCUT2D eigenvalue weighted by molar-refractivity contribution is -0.129. The van der Waals surface area contributed by atoms with Crippen LogP contribution < -0.4 is 11.1 Å². The molecule has 1 fully saturated rings. The third-order valence-corrected chi connectivity index (χ3v) is 3.37. The van der Waals surface area contributed by atoms with Gasteiger partial charge in [0.1, 0.15) is 0 Å². The minimum absolute atomic E-state index is 0. The van der Waals surface area contributed by atoms with Gasteiger partial charge in [-0.15, -0.1) is 24.8 Å². The number of hydrogen-bond acceptors (Lipinski definition) is 4. The van der Waals surface area contributed by atoms with Crippen molar-refractivity contribution in [3.8, 4) is 0 Å². The Morgan fingerprint density at radius 1 is 1.43 bits per heavy atom. The van der Waals surface area contributed by atoms with Crippen molar-refractivity contribution < 1.29 is 9.59 Å². The predicted octanol–water partition coefficient (Wildman–Crippen LogP) is 0.0936. The summed E-state index contributed by atoms with van der Waals surface area (Å²) in [5, 5.41) is 2.90. The van der Waals surface area contributed by atoms with Gasteiger partial charge in [0.05, 0.1) is 5.92 Å². The maximum atomic E-state index is 12.1. The summed E-state index contributed by atoms with van der Waals surface area (Å²) in [4.78, 5) is 27.7. The molecule has 0 saturated carbocycles. The van der Waals surface area contributed by atoms with Crippen LogP contribution in [0.5, 0.6) is 0 Å². The molecule has 21 heavy (non-hydrogen) atoms. The molecule has 3 N–H and O–H groups in total. The van der Waals surface area contributed by atoms with Gasteiger partial charge in [-0.3, -0.25) is 9.59 Å². The van der Waals surface area contributed by atoms with Crippen LogP contribution in [0.15, 0.2) is 0 Å². The number of rotatable bonds is 6. The molecular formula is C13H28Cl2N4O2. The molecule has 1 aliphatic rings. The van der Waals surface area contributed by atoms with Crippen molar-refractivity contribution in [3.63, 3.8) is 0 Å². The summed E-state index contributed by atoms with van der Waals surface area (Å²) in [5.74, 6) is -0.260. The molecule has 0 aliphatic carbocycles. The number of hydrogen-bond donors (Lipinski definition) is 2. The number of likely N-dealkylation sites (tertiary alicyclic amines) is 1. The fourth-order valence-electron chi connectivity index (χ4n) is 1.97. The molecule has 126 valence electrons. The van der Waals surface area contributed by atoms with Gasteiger partial charge in [-0.2, -0.15) is 0 Å². The molecule has 0 aromatic rings. The van der Waals surface area contributed by atoms with Crippen LogP contribution in [0.2, 0.25) is 0 Å². The number of nitrogens with two attached hydrogens (primary N) is 1. The first-order valence-electron chi connectivity index (χ1n) is 6.70. The Hall–Kier alpha value is -0.560. The van der Waals surface area contributed by atoms with E-state index in [0.29, 0.717) is 26.1 Å². The van der Waals surface area contributed by atoms with E-state index in [1.807, 2.05) is 32.8 Å². The molecule has 1 rings (SSSR count). The van der Waals surface area contributed by atoms with Crippen LogP contribution in [0.25, 0.3) is 0 Å². The van der Waals surface area contributed by atoms with Crippen LogP contribution >= 0.6 is 24.8 Å². The molecule has 2 amide bonds. The van der Waals surface area contributed by atoms with Crippen molar-refractivity contribution in [2.24, 2.45) is 11.7 Å². The summed E-state index contributed by atoms with van der Waals surface area (Å²) in [5.41, 5.74) is 5.17. The SMILES string of the molecule is CN(C)CCN1CC(C(=O)NC(C)(C)CN)CC1=O.Cl.Cl. The number of carbonyl (C=O) groups is 2. The summed E-state index contributed by atoms with van der Waals surface area (Å²) in [7, 11) is 3.93. The normalized spacial score (nSPS) is 18.3. The molecular weight excluding hydrogens is 315 g/mol. The van der Waals surface area contributed by atoms with Crippen molar-refractivity contribution in [2.75, 3.05) is 40.3 Å². The lowest BCUT2D eigenvalue weighted by Crippen LogP contribution is -2.51. The maximum Gasteiger partial charge on any atom is 0.225 e. The van der Waals surface area contributed by atoms with E-state index < -0.39 is 5.54 Å². The van der Waals surface area contributed by atoms with E-state index >= 15 is 0 Å². The summed E-state index contributed by atoms with van der Waals surface area (Å²) < 4.78 is 0. The van der Waals surface area contributed by atoms with Gasteiger partial charge in [0.15, 0.2) is 0 Å². The topological polar surface area (TPSA) is 78.7 Å². The van der Waals surface area contributed by atoms with Gasteiger partial charge < -0.3 is 20.9 Å². The van der Waals surface area contributed by atoms with Crippen molar-refractivity contribution in [1.82, 2.24) is 15.1 Å². The predicted molar refractivity (Wildman–Crippen MR) is 89.0 cm³/mol. The fraction of sp³-hybridized carbons (Fsp3) is 0.846. The summed E-state index contributed by atoms with van der Waals surface area (Å²) in [6.07, 6.45) is 0.305. The van der Waals surface area contributed by atoms with Crippen LogP contribution in [0, 0.1) is 5.92 Å². The Morgan fingerprint density at radius 2 is 2.00 bits per heavy atom. The highest BCUT2D eigenvalue weighted by atomic mass is 35.5. The summed E-state index contributed by atoms with van der Waals surface area (Å²) in [6.45, 7) is 6.14. The van der Waals surface area contributed by atoms with Gasteiger partial charge in [-0.25, -0.2) is 0 Å². The van der Waals surface area contributed by atoms with E-state index in [1.165, 1.54) is 0 Å². The number of nitrogens with one attached hydrogen (secondary N) is 1. The van der Waals surface area contributed by atoms with Gasteiger partial charge in [0.25, 0.3) is 0 Å². The van der Waals surface area contributed by atoms with Gasteiger partial charge in [0, 0.05) is 38.1 Å². The molecule has 0 spiro atoms. The van der Waals surface area contributed by atoms with Gasteiger partial charge >= 0.3 is 0 Å². The van der Waals surface area contributed by atoms with Crippen molar-refractivity contribution in [1.29, 1.82) is 0 Å². The van der Waals surface area contributed by atoms with E-state index in [4.69, 9.17) is 5.73 Å². The lowest BCUT2D eigenvalue weighted by atomic mass is 10.0. The number of likely N-dealkylation sites (N-methyl/N-ethyl adjacent to an activating group) is 1. The molecule has 1 atom stereocenters. The van der Waals surface area contributed by atoms with E-state index in [1.54, 1.807) is 4.90 Å². The van der Waals surface area contributed by atoms with Gasteiger partial charge in [0.2, 0.25) is 11.8 Å². The van der Waals surface area contributed by atoms with Crippen LogP contribution in [0.3, 0.4) is 0 Å². The van der Waals surface area contributed by atoms with E-state index in [-0.39, 0.29) is 42.5 Å². The Bertz CT molecular complexity index is 351. The highest BCUT2D eigenvalue weighted by molar-refractivity contribution is 5.89. The molecule has 0 bridgehead atoms. The smallest absolute Gasteiger partial charge is 0.225 e.